The average Bonchev–Trinajstić information content (AvgIpc) is 2.84. The second-order valence-corrected chi connectivity index (χ2v) is 7.97. The first-order valence-electron chi connectivity index (χ1n) is 9.68. The molecule has 4 rings (SSSR count). The average molecular weight is 401 g/mol. The van der Waals surface area contributed by atoms with E-state index in [1.165, 1.54) is 12.1 Å². The van der Waals surface area contributed by atoms with Crippen LogP contribution in [0.3, 0.4) is 0 Å². The summed E-state index contributed by atoms with van der Waals surface area (Å²) in [7, 11) is 0. The number of amides is 2. The number of carbonyl (C=O) groups is 2. The number of halogens is 2. The first-order valence-corrected chi connectivity index (χ1v) is 10.1. The van der Waals surface area contributed by atoms with Crippen molar-refractivity contribution in [3.05, 3.63) is 64.4 Å². The third kappa shape index (κ3) is 3.76. The van der Waals surface area contributed by atoms with E-state index in [1.807, 2.05) is 0 Å². The number of hydrogen-bond donors (Lipinski definition) is 1. The Kier molecular flexibility index (Phi) is 5.36. The van der Waals surface area contributed by atoms with Gasteiger partial charge in [0, 0.05) is 22.2 Å². The summed E-state index contributed by atoms with van der Waals surface area (Å²) < 4.78 is 13.5. The second-order valence-electron chi connectivity index (χ2n) is 7.53. The van der Waals surface area contributed by atoms with Gasteiger partial charge in [-0.3, -0.25) is 9.59 Å². The Morgan fingerprint density at radius 1 is 1.07 bits per heavy atom. The molecule has 1 aliphatic carbocycles. The molecule has 4 nitrogen and oxygen atoms in total. The van der Waals surface area contributed by atoms with Crippen LogP contribution >= 0.6 is 11.6 Å². The lowest BCUT2D eigenvalue weighted by atomic mass is 9.87. The van der Waals surface area contributed by atoms with Gasteiger partial charge in [-0.25, -0.2) is 4.39 Å². The zero-order valence-electron chi connectivity index (χ0n) is 15.5. The van der Waals surface area contributed by atoms with E-state index in [0.29, 0.717) is 10.7 Å². The fraction of sp³-hybridized carbons (Fsp3) is 0.364. The maximum absolute atomic E-state index is 13.5. The molecule has 1 unspecified atom stereocenters. The Morgan fingerprint density at radius 3 is 2.50 bits per heavy atom. The van der Waals surface area contributed by atoms with Crippen molar-refractivity contribution in [3.63, 3.8) is 0 Å². The zero-order valence-corrected chi connectivity index (χ0v) is 16.2. The second kappa shape index (κ2) is 7.92. The highest BCUT2D eigenvalue weighted by Gasteiger charge is 2.36. The molecule has 146 valence electrons. The predicted octanol–water partition coefficient (Wildman–Crippen LogP) is 4.93. The van der Waals surface area contributed by atoms with Gasteiger partial charge in [0.25, 0.3) is 0 Å². The molecule has 2 aliphatic rings. The van der Waals surface area contributed by atoms with Crippen molar-refractivity contribution in [2.75, 3.05) is 11.9 Å². The lowest BCUT2D eigenvalue weighted by Crippen LogP contribution is -2.42. The van der Waals surface area contributed by atoms with E-state index in [9.17, 15) is 14.0 Å². The van der Waals surface area contributed by atoms with Crippen LogP contribution in [-0.2, 0) is 9.59 Å². The number of nitrogens with one attached hydrogen (secondary N) is 1. The molecule has 1 heterocycles. The number of nitrogens with zero attached hydrogens (tertiary/aromatic N) is 1. The van der Waals surface area contributed by atoms with Crippen LogP contribution in [0.4, 0.5) is 10.1 Å². The molecule has 0 aromatic heterocycles. The fourth-order valence-electron chi connectivity index (χ4n) is 4.27. The van der Waals surface area contributed by atoms with Crippen LogP contribution in [0.15, 0.2) is 42.5 Å². The summed E-state index contributed by atoms with van der Waals surface area (Å²) >= 11 is 6.24. The molecule has 0 bridgehead atoms. The smallest absolute Gasteiger partial charge is 0.244 e. The van der Waals surface area contributed by atoms with Gasteiger partial charge in [-0.05, 0) is 48.7 Å². The Bertz CT molecular complexity index is 894. The molecule has 2 amide bonds. The molecular weight excluding hydrogens is 379 g/mol. The summed E-state index contributed by atoms with van der Waals surface area (Å²) in [5, 5.41) is 3.40. The normalized spacial score (nSPS) is 20.3. The van der Waals surface area contributed by atoms with E-state index < -0.39 is 6.04 Å². The highest BCUT2D eigenvalue weighted by Crippen LogP contribution is 2.39. The number of benzene rings is 2. The quantitative estimate of drug-likeness (QED) is 0.777. The summed E-state index contributed by atoms with van der Waals surface area (Å²) in [6.07, 6.45) is 4.88. The van der Waals surface area contributed by atoms with Crippen LogP contribution in [0.2, 0.25) is 5.02 Å². The summed E-state index contributed by atoms with van der Waals surface area (Å²) in [5.41, 5.74) is 2.13. The van der Waals surface area contributed by atoms with Gasteiger partial charge >= 0.3 is 0 Å². The minimum atomic E-state index is -0.498. The number of fused-ring (bicyclic) bond motifs is 1. The molecule has 2 aromatic rings. The van der Waals surface area contributed by atoms with Gasteiger partial charge in [0.05, 0.1) is 6.04 Å². The molecule has 0 spiro atoms. The van der Waals surface area contributed by atoms with E-state index >= 15 is 0 Å². The third-order valence-corrected chi connectivity index (χ3v) is 5.87. The fourth-order valence-corrected chi connectivity index (χ4v) is 4.45. The van der Waals surface area contributed by atoms with Gasteiger partial charge in [0.1, 0.15) is 12.4 Å². The molecule has 2 aromatic carbocycles. The number of hydrogen-bond acceptors (Lipinski definition) is 2. The molecule has 1 saturated carbocycles. The molecule has 1 fully saturated rings. The van der Waals surface area contributed by atoms with Crippen molar-refractivity contribution < 1.29 is 14.0 Å². The van der Waals surface area contributed by atoms with Gasteiger partial charge in [0.2, 0.25) is 11.8 Å². The van der Waals surface area contributed by atoms with Crippen molar-refractivity contribution in [3.8, 4) is 0 Å². The molecule has 0 radical (unpaired) electrons. The van der Waals surface area contributed by atoms with Gasteiger partial charge in [-0.15, -0.1) is 0 Å². The molecule has 1 atom stereocenters. The number of carbonyl (C=O) groups excluding carboxylic acids is 2. The van der Waals surface area contributed by atoms with Crippen LogP contribution in [-0.4, -0.2) is 23.3 Å². The molecule has 6 heteroatoms. The third-order valence-electron chi connectivity index (χ3n) is 5.63. The molecular formula is C22H22ClFN2O2. The highest BCUT2D eigenvalue weighted by atomic mass is 35.5. The summed E-state index contributed by atoms with van der Waals surface area (Å²) in [4.78, 5) is 27.6. The number of rotatable bonds is 2. The molecule has 1 aliphatic heterocycles. The van der Waals surface area contributed by atoms with Crippen LogP contribution in [0.1, 0.15) is 49.3 Å². The molecule has 1 N–H and O–H groups in total. The van der Waals surface area contributed by atoms with Crippen molar-refractivity contribution in [2.24, 2.45) is 5.92 Å². The maximum atomic E-state index is 13.5. The van der Waals surface area contributed by atoms with E-state index in [2.05, 4.69) is 5.32 Å². The predicted molar refractivity (Wildman–Crippen MR) is 107 cm³/mol. The lowest BCUT2D eigenvalue weighted by Gasteiger charge is -2.34. The van der Waals surface area contributed by atoms with E-state index in [0.717, 1.165) is 43.2 Å². The van der Waals surface area contributed by atoms with Gasteiger partial charge in [0.15, 0.2) is 0 Å². The van der Waals surface area contributed by atoms with Crippen LogP contribution in [0, 0.1) is 11.7 Å². The van der Waals surface area contributed by atoms with Gasteiger partial charge in [-0.1, -0.05) is 43.0 Å². The largest absolute Gasteiger partial charge is 0.324 e. The summed E-state index contributed by atoms with van der Waals surface area (Å²) in [6, 6.07) is 10.8. The van der Waals surface area contributed by atoms with Gasteiger partial charge in [-0.2, -0.15) is 0 Å². The summed E-state index contributed by atoms with van der Waals surface area (Å²) in [5.74, 6) is -0.678. The minimum Gasteiger partial charge on any atom is -0.324 e. The zero-order chi connectivity index (χ0) is 19.7. The highest BCUT2D eigenvalue weighted by molar-refractivity contribution is 6.30. The maximum Gasteiger partial charge on any atom is 0.244 e. The number of anilines is 1. The Balaban J connectivity index is 1.82. The standard InChI is InChI=1S/C22H22ClFN2O2/c23-16-8-11-19-18(12-16)21(14-6-9-17(24)10-7-14)26(13-20(27)25-19)22(28)15-4-2-1-3-5-15/h6-12,15,21H,1-5,13H2,(H,25,27). The van der Waals surface area contributed by atoms with Crippen LogP contribution < -0.4 is 5.32 Å². The monoisotopic (exact) mass is 400 g/mol. The van der Waals surface area contributed by atoms with Crippen molar-refractivity contribution in [2.45, 2.75) is 38.1 Å². The van der Waals surface area contributed by atoms with Crippen molar-refractivity contribution in [1.82, 2.24) is 4.90 Å². The topological polar surface area (TPSA) is 49.4 Å². The Hall–Kier alpha value is -2.40. The van der Waals surface area contributed by atoms with E-state index in [-0.39, 0.29) is 30.1 Å². The van der Waals surface area contributed by atoms with E-state index in [1.54, 1.807) is 35.2 Å². The molecule has 28 heavy (non-hydrogen) atoms. The van der Waals surface area contributed by atoms with Gasteiger partial charge < -0.3 is 10.2 Å². The first kappa shape index (κ1) is 18.9. The van der Waals surface area contributed by atoms with Crippen molar-refractivity contribution in [1.29, 1.82) is 0 Å². The Morgan fingerprint density at radius 2 is 1.79 bits per heavy atom. The van der Waals surface area contributed by atoms with Crippen LogP contribution in [0.25, 0.3) is 0 Å². The lowest BCUT2D eigenvalue weighted by molar-refractivity contribution is -0.140. The van der Waals surface area contributed by atoms with Crippen LogP contribution in [0.5, 0.6) is 0 Å². The SMILES string of the molecule is O=C1CN(C(=O)C2CCCCC2)C(c2ccc(F)cc2)c2cc(Cl)ccc2N1. The summed E-state index contributed by atoms with van der Waals surface area (Å²) in [6.45, 7) is -0.0380. The van der Waals surface area contributed by atoms with E-state index in [4.69, 9.17) is 11.6 Å². The minimum absolute atomic E-state index is 0.0167. The molecule has 0 saturated heterocycles. The first-order chi connectivity index (χ1) is 13.5. The Labute approximate surface area is 168 Å². The van der Waals surface area contributed by atoms with Crippen molar-refractivity contribution >= 4 is 29.1 Å².